The van der Waals surface area contributed by atoms with Gasteiger partial charge in [0.15, 0.2) is 0 Å². The Morgan fingerprint density at radius 2 is 0.613 bits per heavy atom. The second kappa shape index (κ2) is 20.8. The van der Waals surface area contributed by atoms with Crippen LogP contribution in [0, 0.1) is 0 Å². The molecule has 18 heteroatoms. The van der Waals surface area contributed by atoms with Crippen molar-refractivity contribution in [2.75, 3.05) is 0 Å². The minimum absolute atomic E-state index is 0.0144. The van der Waals surface area contributed by atoms with E-state index in [0.717, 1.165) is 33.7 Å². The Morgan fingerprint density at radius 1 is 0.338 bits per heavy atom. The Labute approximate surface area is 458 Å². The lowest BCUT2D eigenvalue weighted by atomic mass is 10.1. The molecule has 0 saturated carbocycles. The molecule has 0 saturated heterocycles. The number of aromatic nitrogens is 4. The first-order valence-electron chi connectivity index (χ1n) is 24.8. The van der Waals surface area contributed by atoms with Crippen LogP contribution in [0.3, 0.4) is 0 Å². The van der Waals surface area contributed by atoms with E-state index >= 15 is 0 Å². The lowest BCUT2D eigenvalue weighted by molar-refractivity contribution is -0.198. The summed E-state index contributed by atoms with van der Waals surface area (Å²) in [7, 11) is -10.3. The molecule has 0 amide bonds. The second-order valence-corrected chi connectivity index (χ2v) is 21.0. The van der Waals surface area contributed by atoms with Crippen LogP contribution in [0.15, 0.2) is 253 Å². The van der Waals surface area contributed by atoms with E-state index in [-0.39, 0.29) is 34.4 Å². The average molecular weight is 1100 g/mol. The smallest absolute Gasteiger partial charge is 0.282 e. The van der Waals surface area contributed by atoms with Gasteiger partial charge < -0.3 is 0 Å². The Morgan fingerprint density at radius 3 is 0.900 bits per heavy atom. The molecule has 0 radical (unpaired) electrons. The van der Waals surface area contributed by atoms with Crippen molar-refractivity contribution in [2.45, 2.75) is 9.79 Å². The molecule has 12 aromatic rings. The van der Waals surface area contributed by atoms with E-state index in [1.165, 1.54) is 61.2 Å². The fourth-order valence-corrected chi connectivity index (χ4v) is 10.9. The van der Waals surface area contributed by atoms with Gasteiger partial charge in [0.05, 0.1) is 0 Å². The van der Waals surface area contributed by atoms with E-state index in [9.17, 15) is 25.9 Å². The first-order valence-corrected chi connectivity index (χ1v) is 27.7. The van der Waals surface area contributed by atoms with Gasteiger partial charge in [-0.1, -0.05) is 158 Å². The highest BCUT2D eigenvalue weighted by Gasteiger charge is 2.49. The monoisotopic (exact) mass is 1100 g/mol. The molecule has 0 spiro atoms. The van der Waals surface area contributed by atoms with E-state index in [1.807, 2.05) is 121 Å². The molecule has 0 atom stereocenters. The Kier molecular flexibility index (Phi) is 13.2. The number of hydrogen-bond donors (Lipinski definition) is 2. The number of benzene rings is 10. The van der Waals surface area contributed by atoms with Gasteiger partial charge in [-0.2, -0.15) is 36.8 Å². The van der Waals surface area contributed by atoms with Crippen molar-refractivity contribution in [3.8, 4) is 23.0 Å². The number of fused-ring (bicyclic) bond motifs is 4. The third-order valence-corrected chi connectivity index (χ3v) is 15.0. The van der Waals surface area contributed by atoms with Crippen molar-refractivity contribution >= 4 is 98.7 Å². The topological polar surface area (TPSA) is 197 Å². The molecule has 12 rings (SSSR count). The number of quaternary nitrogens is 2. The minimum Gasteiger partial charge on any atom is -0.282 e. The molecule has 0 aliphatic carbocycles. The Bertz CT molecular complexity index is 4120. The van der Waals surface area contributed by atoms with Gasteiger partial charge in [0.1, 0.15) is 19.4 Å². The molecule has 2 aromatic heterocycles. The highest BCUT2D eigenvalue weighted by molar-refractivity contribution is 7.86. The van der Waals surface area contributed by atoms with Crippen molar-refractivity contribution in [1.29, 1.82) is 0 Å². The molecular weight excluding hydrogens is 1050 g/mol. The SMILES string of the molecule is O=S(=O)(O)c1cc([N+](Oc2cccc3ccccc23)(Oc2cccc3ccccc23)c2ncccn2)ccc1C=Cc1ccc([N+](Oc2cccc3ccccc23)(Oc2cccc3ccccc23)c2ncccn2)cc1S(=O)(=O)O. The van der Waals surface area contributed by atoms with Crippen LogP contribution in [0.2, 0.25) is 0 Å². The quantitative estimate of drug-likeness (QED) is 0.0401. The highest BCUT2D eigenvalue weighted by atomic mass is 32.2. The zero-order chi connectivity index (χ0) is 54.9. The molecule has 2 heterocycles. The van der Waals surface area contributed by atoms with Crippen LogP contribution in [0.4, 0.5) is 23.3 Å². The standard InChI is InChI=1S/C62H42N6O10S2/c69-79(70,71)59-41-49(67(61-63-37-13-38-64-61,75-55-27-9-19-43-15-1-5-23-51(43)55)76-56-28-10-20-44-16-2-6-24-52(44)56)35-33-47(59)31-32-48-34-36-50(42-60(48)80(72,73)74)68(62-65-39-14-40-66-62,77-57-29-11-21-45-17-3-7-25-53(45)57)78-58-30-12-22-46-18-4-8-26-54(46)58/h1-42H/p+2. The fourth-order valence-electron chi connectivity index (χ4n) is 9.50. The van der Waals surface area contributed by atoms with Crippen molar-refractivity contribution in [3.63, 3.8) is 0 Å². The van der Waals surface area contributed by atoms with Crippen molar-refractivity contribution in [2.24, 2.45) is 0 Å². The van der Waals surface area contributed by atoms with Gasteiger partial charge >= 0.3 is 11.9 Å². The van der Waals surface area contributed by atoms with Crippen LogP contribution in [0.25, 0.3) is 55.2 Å². The molecule has 2 N–H and O–H groups in total. The molecule has 0 aliphatic rings. The summed E-state index contributed by atoms with van der Waals surface area (Å²) < 4.78 is 77.2. The normalized spacial score (nSPS) is 12.3. The van der Waals surface area contributed by atoms with Gasteiger partial charge in [-0.15, -0.1) is 0 Å². The van der Waals surface area contributed by atoms with Gasteiger partial charge in [0, 0.05) is 70.6 Å². The number of rotatable bonds is 16. The van der Waals surface area contributed by atoms with Crippen LogP contribution < -0.4 is 29.0 Å². The summed E-state index contributed by atoms with van der Waals surface area (Å²) >= 11 is 0. The predicted molar refractivity (Wildman–Crippen MR) is 307 cm³/mol. The molecule has 0 aliphatic heterocycles. The third kappa shape index (κ3) is 9.77. The highest BCUT2D eigenvalue weighted by Crippen LogP contribution is 2.44. The number of hydrogen-bond acceptors (Lipinski definition) is 12. The minimum atomic E-state index is -5.13. The summed E-state index contributed by atoms with van der Waals surface area (Å²) in [6.07, 6.45) is 8.48. The van der Waals surface area contributed by atoms with Gasteiger partial charge in [-0.25, -0.2) is 0 Å². The van der Waals surface area contributed by atoms with E-state index in [0.29, 0.717) is 44.5 Å². The number of nitrogens with zero attached hydrogens (tertiary/aromatic N) is 6. The molecule has 0 fully saturated rings. The van der Waals surface area contributed by atoms with Crippen LogP contribution in [-0.2, 0) is 20.2 Å². The maximum Gasteiger partial charge on any atom is 0.422 e. The summed E-state index contributed by atoms with van der Waals surface area (Å²) in [5.74, 6) is 1.06. The molecule has 80 heavy (non-hydrogen) atoms. The summed E-state index contributed by atoms with van der Waals surface area (Å²) in [5, 5.41) is 6.02. The van der Waals surface area contributed by atoms with Crippen LogP contribution in [-0.4, -0.2) is 45.9 Å². The van der Waals surface area contributed by atoms with Crippen LogP contribution >= 0.6 is 0 Å². The van der Waals surface area contributed by atoms with Crippen molar-refractivity contribution < 1.29 is 45.3 Å². The maximum atomic E-state index is 13.8. The summed E-state index contributed by atoms with van der Waals surface area (Å²) in [6, 6.07) is 63.1. The fraction of sp³-hybridized carbons (Fsp3) is 0. The van der Waals surface area contributed by atoms with Gasteiger partial charge in [-0.05, 0) is 81.2 Å². The Hall–Kier alpha value is -9.92. The van der Waals surface area contributed by atoms with E-state index in [1.54, 1.807) is 60.7 Å². The molecule has 16 nitrogen and oxygen atoms in total. The molecule has 392 valence electrons. The van der Waals surface area contributed by atoms with Gasteiger partial charge in [-0.3, -0.25) is 28.5 Å². The largest absolute Gasteiger partial charge is 0.422 e. The van der Waals surface area contributed by atoms with E-state index in [4.69, 9.17) is 19.4 Å². The third-order valence-electron chi connectivity index (χ3n) is 13.2. The second-order valence-electron chi connectivity index (χ2n) is 18.2. The lowest BCUT2D eigenvalue weighted by Gasteiger charge is -2.30. The average Bonchev–Trinajstić information content (AvgIpc) is 3.53. The predicted octanol–water partition coefficient (Wildman–Crippen LogP) is 13.8. The summed E-state index contributed by atoms with van der Waals surface area (Å²) in [6.45, 7) is 0. The first kappa shape index (κ1) is 50.9. The van der Waals surface area contributed by atoms with Gasteiger partial charge in [0.2, 0.25) is 34.4 Å². The lowest BCUT2D eigenvalue weighted by Crippen LogP contribution is -2.52. The molecule has 10 aromatic carbocycles. The van der Waals surface area contributed by atoms with E-state index < -0.39 is 39.6 Å². The molecule has 0 bridgehead atoms. The van der Waals surface area contributed by atoms with Gasteiger partial charge in [0.25, 0.3) is 20.2 Å². The first-order chi connectivity index (χ1) is 38.9. The van der Waals surface area contributed by atoms with Crippen LogP contribution in [0.1, 0.15) is 11.1 Å². The summed E-state index contributed by atoms with van der Waals surface area (Å²) in [5.41, 5.74) is -0.241. The van der Waals surface area contributed by atoms with Crippen molar-refractivity contribution in [3.05, 3.63) is 254 Å². The molecule has 0 unspecified atom stereocenters. The maximum absolute atomic E-state index is 13.8. The molecular formula is C62H44N6O10S2+2. The zero-order valence-corrected chi connectivity index (χ0v) is 43.5. The van der Waals surface area contributed by atoms with E-state index in [2.05, 4.69) is 19.9 Å². The summed E-state index contributed by atoms with van der Waals surface area (Å²) in [4.78, 5) is 42.8. The zero-order valence-electron chi connectivity index (χ0n) is 41.9. The van der Waals surface area contributed by atoms with Crippen molar-refractivity contribution in [1.82, 2.24) is 29.6 Å². The Balaban J connectivity index is 1.02. The van der Waals surface area contributed by atoms with Crippen LogP contribution in [0.5, 0.6) is 23.0 Å².